The lowest BCUT2D eigenvalue weighted by Gasteiger charge is -2.08. The SMILES string of the molecule is [C-]#[N+]C(C#N)=C1c2cc(-c3ccccc3F)ccc2-c2ccc(-c3ccccc3F)cc21. The van der Waals surface area contributed by atoms with E-state index in [-0.39, 0.29) is 17.3 Å². The van der Waals surface area contributed by atoms with Crippen molar-refractivity contribution in [2.24, 2.45) is 0 Å². The van der Waals surface area contributed by atoms with Crippen molar-refractivity contribution in [1.29, 1.82) is 5.26 Å². The van der Waals surface area contributed by atoms with E-state index in [1.165, 1.54) is 12.1 Å². The van der Waals surface area contributed by atoms with E-state index in [0.29, 0.717) is 39.0 Å². The maximum Gasteiger partial charge on any atom is 0.270 e. The maximum atomic E-state index is 14.4. The van der Waals surface area contributed by atoms with Crippen LogP contribution in [0.1, 0.15) is 11.1 Å². The van der Waals surface area contributed by atoms with E-state index in [2.05, 4.69) is 4.85 Å². The number of hydrogen-bond acceptors (Lipinski definition) is 1. The molecule has 4 aromatic rings. The van der Waals surface area contributed by atoms with Gasteiger partial charge in [-0.15, -0.1) is 0 Å². The fourth-order valence-electron chi connectivity index (χ4n) is 4.23. The minimum Gasteiger partial charge on any atom is -0.226 e. The van der Waals surface area contributed by atoms with Gasteiger partial charge in [0.15, 0.2) is 0 Å². The highest BCUT2D eigenvalue weighted by molar-refractivity contribution is 6.05. The number of nitriles is 1. The molecule has 0 saturated carbocycles. The lowest BCUT2D eigenvalue weighted by Crippen LogP contribution is -1.90. The summed E-state index contributed by atoms with van der Waals surface area (Å²) < 4.78 is 28.8. The zero-order valence-electron chi connectivity index (χ0n) is 16.7. The van der Waals surface area contributed by atoms with Crippen LogP contribution in [0.15, 0.2) is 90.6 Å². The average molecular weight is 416 g/mol. The van der Waals surface area contributed by atoms with Crippen molar-refractivity contribution in [2.75, 3.05) is 0 Å². The molecule has 150 valence electrons. The Balaban J connectivity index is 1.76. The van der Waals surface area contributed by atoms with Crippen molar-refractivity contribution in [3.05, 3.63) is 125 Å². The first-order valence-corrected chi connectivity index (χ1v) is 9.93. The fraction of sp³-hybridized carbons (Fsp3) is 0. The lowest BCUT2D eigenvalue weighted by atomic mass is 9.96. The van der Waals surface area contributed by atoms with Crippen LogP contribution < -0.4 is 0 Å². The Labute approximate surface area is 184 Å². The standard InChI is InChI=1S/C28H14F2N2/c1-32-27(16-31)28-23-14-17(19-6-2-4-8-25(19)29)10-12-21(23)22-13-11-18(15-24(22)28)20-7-3-5-9-26(20)30/h2-15H. The van der Waals surface area contributed by atoms with Gasteiger partial charge in [0.1, 0.15) is 11.6 Å². The van der Waals surface area contributed by atoms with Gasteiger partial charge < -0.3 is 0 Å². The molecule has 0 aromatic heterocycles. The molecule has 0 unspecified atom stereocenters. The molecule has 0 fully saturated rings. The van der Waals surface area contributed by atoms with Crippen molar-refractivity contribution in [3.8, 4) is 39.4 Å². The Morgan fingerprint density at radius 3 is 1.53 bits per heavy atom. The Morgan fingerprint density at radius 2 is 1.12 bits per heavy atom. The zero-order chi connectivity index (χ0) is 22.2. The first-order valence-electron chi connectivity index (χ1n) is 9.93. The number of hydrogen-bond donors (Lipinski definition) is 0. The topological polar surface area (TPSA) is 28.1 Å². The van der Waals surface area contributed by atoms with Crippen LogP contribution in [0, 0.1) is 29.5 Å². The largest absolute Gasteiger partial charge is 0.270 e. The van der Waals surface area contributed by atoms with E-state index in [4.69, 9.17) is 6.57 Å². The molecule has 0 radical (unpaired) electrons. The van der Waals surface area contributed by atoms with E-state index < -0.39 is 0 Å². The molecule has 0 saturated heterocycles. The van der Waals surface area contributed by atoms with E-state index in [0.717, 1.165) is 11.1 Å². The van der Waals surface area contributed by atoms with Gasteiger partial charge in [-0.3, -0.25) is 0 Å². The molecular weight excluding hydrogens is 402 g/mol. The van der Waals surface area contributed by atoms with Gasteiger partial charge >= 0.3 is 0 Å². The summed E-state index contributed by atoms with van der Waals surface area (Å²) in [5, 5.41) is 9.66. The van der Waals surface area contributed by atoms with Crippen molar-refractivity contribution in [2.45, 2.75) is 0 Å². The van der Waals surface area contributed by atoms with E-state index in [9.17, 15) is 14.0 Å². The van der Waals surface area contributed by atoms with E-state index >= 15 is 0 Å². The Bertz CT molecular complexity index is 1400. The summed E-state index contributed by atoms with van der Waals surface area (Å²) in [5.74, 6) is -0.693. The first-order chi connectivity index (χ1) is 15.6. The molecule has 4 heteroatoms. The van der Waals surface area contributed by atoms with Gasteiger partial charge in [0.2, 0.25) is 0 Å². The Kier molecular flexibility index (Phi) is 4.62. The highest BCUT2D eigenvalue weighted by Gasteiger charge is 2.28. The molecule has 0 bridgehead atoms. The number of fused-ring (bicyclic) bond motifs is 3. The van der Waals surface area contributed by atoms with Crippen LogP contribution in [-0.2, 0) is 0 Å². The fourth-order valence-corrected chi connectivity index (χ4v) is 4.23. The third-order valence-electron chi connectivity index (χ3n) is 5.69. The first kappa shape index (κ1) is 19.4. The number of rotatable bonds is 2. The monoisotopic (exact) mass is 416 g/mol. The molecule has 1 aliphatic rings. The smallest absolute Gasteiger partial charge is 0.226 e. The predicted octanol–water partition coefficient (Wildman–Crippen LogP) is 7.48. The number of halogens is 2. The summed E-state index contributed by atoms with van der Waals surface area (Å²) in [5.41, 5.74) is 5.73. The van der Waals surface area contributed by atoms with Gasteiger partial charge in [-0.1, -0.05) is 60.7 Å². The molecule has 5 rings (SSSR count). The Morgan fingerprint density at radius 1 is 0.656 bits per heavy atom. The third-order valence-corrected chi connectivity index (χ3v) is 5.69. The van der Waals surface area contributed by atoms with Crippen molar-refractivity contribution in [3.63, 3.8) is 0 Å². The van der Waals surface area contributed by atoms with Crippen LogP contribution in [0.5, 0.6) is 0 Å². The number of allylic oxidation sites excluding steroid dienone is 1. The number of benzene rings is 4. The summed E-state index contributed by atoms with van der Waals surface area (Å²) in [6.07, 6.45) is 0. The summed E-state index contributed by atoms with van der Waals surface area (Å²) >= 11 is 0. The van der Waals surface area contributed by atoms with Crippen molar-refractivity contribution in [1.82, 2.24) is 0 Å². The van der Waals surface area contributed by atoms with Crippen molar-refractivity contribution < 1.29 is 8.78 Å². The molecule has 0 N–H and O–H groups in total. The van der Waals surface area contributed by atoms with Crippen LogP contribution >= 0.6 is 0 Å². The second-order valence-corrected chi connectivity index (χ2v) is 7.43. The molecule has 0 spiro atoms. The molecule has 4 aromatic carbocycles. The second-order valence-electron chi connectivity index (χ2n) is 7.43. The predicted molar refractivity (Wildman–Crippen MR) is 121 cm³/mol. The van der Waals surface area contributed by atoms with Crippen LogP contribution in [0.4, 0.5) is 8.78 Å². The third kappa shape index (κ3) is 2.98. The second kappa shape index (κ2) is 7.61. The molecule has 0 heterocycles. The molecule has 2 nitrogen and oxygen atoms in total. The molecule has 0 aliphatic heterocycles. The summed E-state index contributed by atoms with van der Waals surface area (Å²) in [4.78, 5) is 3.45. The van der Waals surface area contributed by atoms with Crippen molar-refractivity contribution >= 4 is 5.57 Å². The summed E-state index contributed by atoms with van der Waals surface area (Å²) in [6, 6.07) is 26.0. The molecule has 0 atom stereocenters. The van der Waals surface area contributed by atoms with Gasteiger partial charge in [0.25, 0.3) is 5.70 Å². The Hall–Kier alpha value is -4.54. The molecule has 32 heavy (non-hydrogen) atoms. The average Bonchev–Trinajstić information content (AvgIpc) is 3.13. The van der Waals surface area contributed by atoms with Crippen LogP contribution in [-0.4, -0.2) is 0 Å². The normalized spacial score (nSPS) is 11.3. The van der Waals surface area contributed by atoms with Crippen LogP contribution in [0.25, 0.3) is 43.8 Å². The number of nitrogens with zero attached hydrogens (tertiary/aromatic N) is 2. The van der Waals surface area contributed by atoms with Gasteiger partial charge in [-0.2, -0.15) is 0 Å². The summed E-state index contributed by atoms with van der Waals surface area (Å²) in [7, 11) is 0. The van der Waals surface area contributed by atoms with Crippen LogP contribution in [0.2, 0.25) is 0 Å². The van der Waals surface area contributed by atoms with Gasteiger partial charge in [0.05, 0.1) is 12.6 Å². The molecule has 0 amide bonds. The maximum absolute atomic E-state index is 14.4. The lowest BCUT2D eigenvalue weighted by molar-refractivity contribution is 0.631. The quantitative estimate of drug-likeness (QED) is 0.217. The molecule has 1 aliphatic carbocycles. The highest BCUT2D eigenvalue weighted by Crippen LogP contribution is 2.48. The van der Waals surface area contributed by atoms with E-state index in [1.54, 1.807) is 36.4 Å². The minimum atomic E-state index is -0.346. The highest BCUT2D eigenvalue weighted by atomic mass is 19.1. The zero-order valence-corrected chi connectivity index (χ0v) is 16.7. The van der Waals surface area contributed by atoms with E-state index in [1.807, 2.05) is 42.5 Å². The molecular formula is C28H14F2N2. The van der Waals surface area contributed by atoms with Gasteiger partial charge in [0, 0.05) is 16.7 Å². The minimum absolute atomic E-state index is 0.0543. The van der Waals surface area contributed by atoms with Crippen LogP contribution in [0.3, 0.4) is 0 Å². The van der Waals surface area contributed by atoms with Gasteiger partial charge in [-0.25, -0.2) is 18.9 Å². The van der Waals surface area contributed by atoms with Gasteiger partial charge in [-0.05, 0) is 57.6 Å². The summed E-state index contributed by atoms with van der Waals surface area (Å²) in [6.45, 7) is 7.54.